The monoisotopic (exact) mass is 633 g/mol. The molecule has 1 amide bonds. The number of aryl methyl sites for hydroxylation is 1. The van der Waals surface area contributed by atoms with Gasteiger partial charge in [0.25, 0.3) is 5.91 Å². The van der Waals surface area contributed by atoms with E-state index in [1.807, 2.05) is 42.5 Å². The minimum Gasteiger partial charge on any atom is -0.478 e. The van der Waals surface area contributed by atoms with Crippen molar-refractivity contribution in [1.82, 2.24) is 9.47 Å². The van der Waals surface area contributed by atoms with Gasteiger partial charge in [0.05, 0.1) is 22.7 Å². The number of aromatic nitrogens is 1. The van der Waals surface area contributed by atoms with Crippen molar-refractivity contribution in [2.24, 2.45) is 4.99 Å². The Bertz CT molecular complexity index is 1590. The predicted octanol–water partition coefficient (Wildman–Crippen LogP) is 7.20. The number of carbonyl (C=O) groups is 2. The molecule has 5 rings (SSSR count). The van der Waals surface area contributed by atoms with Crippen molar-refractivity contribution < 1.29 is 14.7 Å². The molecule has 1 aliphatic heterocycles. The van der Waals surface area contributed by atoms with Crippen molar-refractivity contribution in [3.8, 4) is 5.69 Å². The molecule has 38 heavy (non-hydrogen) atoms. The van der Waals surface area contributed by atoms with Gasteiger partial charge in [-0.25, -0.2) is 9.79 Å². The normalized spacial score (nSPS) is 15.6. The summed E-state index contributed by atoms with van der Waals surface area (Å²) < 4.78 is 3.35. The zero-order valence-corrected chi connectivity index (χ0v) is 23.7. The highest BCUT2D eigenvalue weighted by Gasteiger charge is 2.34. The number of aliphatic imine (C=N–C) groups is 1. The van der Waals surface area contributed by atoms with Gasteiger partial charge in [0.2, 0.25) is 0 Å². The number of thioether (sulfide) groups is 1. The molecule has 1 aromatic heterocycles. The lowest BCUT2D eigenvalue weighted by molar-refractivity contribution is -0.122. The summed E-state index contributed by atoms with van der Waals surface area (Å²) in [5, 5.41) is 9.80. The number of hydrogen-bond acceptors (Lipinski definition) is 4. The maximum atomic E-state index is 13.7. The number of carboxylic acids is 1. The highest BCUT2D eigenvalue weighted by molar-refractivity contribution is 14.1. The maximum Gasteiger partial charge on any atom is 0.335 e. The average Bonchev–Trinajstić information content (AvgIpc) is 3.34. The molecule has 0 radical (unpaired) electrons. The standard InChI is InChI=1S/C30H24IN3O3S/c1-19-15-23(20(2)34(19)26-10-6-7-24(31)17-26)16-27-28(35)33(18-21-11-13-22(14-12-21)29(36)37)30(38-27)32-25-8-4-3-5-9-25/h3-17H,18H2,1-2H3,(H,36,37)/b27-16-,32-30?. The number of para-hydroxylation sites is 1. The molecule has 0 saturated carbocycles. The second-order valence-corrected chi connectivity index (χ2v) is 11.1. The summed E-state index contributed by atoms with van der Waals surface area (Å²) in [5.41, 5.74) is 5.98. The van der Waals surface area contributed by atoms with Crippen LogP contribution in [0.25, 0.3) is 11.8 Å². The molecule has 8 heteroatoms. The Morgan fingerprint density at radius 2 is 1.74 bits per heavy atom. The Morgan fingerprint density at radius 3 is 2.42 bits per heavy atom. The van der Waals surface area contributed by atoms with Crippen LogP contribution in [0.2, 0.25) is 0 Å². The van der Waals surface area contributed by atoms with Gasteiger partial charge in [-0.1, -0.05) is 36.4 Å². The van der Waals surface area contributed by atoms with Gasteiger partial charge in [0.1, 0.15) is 0 Å². The van der Waals surface area contributed by atoms with E-state index in [4.69, 9.17) is 4.99 Å². The molecule has 0 spiro atoms. The molecule has 0 unspecified atom stereocenters. The number of rotatable bonds is 6. The SMILES string of the molecule is Cc1cc(/C=C2\SC(=Nc3ccccc3)N(Cc3ccc(C(=O)O)cc3)C2=O)c(C)n1-c1cccc(I)c1. The number of carboxylic acid groups (broad SMARTS) is 1. The molecule has 0 bridgehead atoms. The molecular formula is C30H24IN3O3S. The summed E-state index contributed by atoms with van der Waals surface area (Å²) in [5.74, 6) is -1.12. The van der Waals surface area contributed by atoms with Crippen molar-refractivity contribution in [3.63, 3.8) is 0 Å². The molecular weight excluding hydrogens is 609 g/mol. The van der Waals surface area contributed by atoms with Crippen molar-refractivity contribution in [2.75, 3.05) is 0 Å². The van der Waals surface area contributed by atoms with Crippen LogP contribution >= 0.6 is 34.4 Å². The number of halogens is 1. The zero-order chi connectivity index (χ0) is 26.8. The topological polar surface area (TPSA) is 74.9 Å². The lowest BCUT2D eigenvalue weighted by atomic mass is 10.1. The second-order valence-electron chi connectivity index (χ2n) is 8.88. The first kappa shape index (κ1) is 26.0. The first-order chi connectivity index (χ1) is 18.3. The van der Waals surface area contributed by atoms with Crippen LogP contribution in [-0.2, 0) is 11.3 Å². The Hall–Kier alpha value is -3.63. The van der Waals surface area contributed by atoms with Gasteiger partial charge in [0, 0.05) is 20.6 Å². The number of hydrogen-bond donors (Lipinski definition) is 1. The summed E-state index contributed by atoms with van der Waals surface area (Å²) >= 11 is 3.66. The average molecular weight is 634 g/mol. The molecule has 1 aliphatic rings. The third kappa shape index (κ3) is 5.46. The van der Waals surface area contributed by atoms with Gasteiger partial charge >= 0.3 is 5.97 Å². The summed E-state index contributed by atoms with van der Waals surface area (Å²) in [6, 6.07) is 26.5. The number of nitrogens with zero attached hydrogens (tertiary/aromatic N) is 3. The van der Waals surface area contributed by atoms with E-state index >= 15 is 0 Å². The van der Waals surface area contributed by atoms with Gasteiger partial charge in [-0.05, 0) is 114 Å². The van der Waals surface area contributed by atoms with Crippen LogP contribution in [0.3, 0.4) is 0 Å². The Labute approximate surface area is 238 Å². The maximum absolute atomic E-state index is 13.7. The van der Waals surface area contributed by atoms with Crippen molar-refractivity contribution in [1.29, 1.82) is 0 Å². The largest absolute Gasteiger partial charge is 0.478 e. The molecule has 0 aliphatic carbocycles. The number of aromatic carboxylic acids is 1. The fourth-order valence-electron chi connectivity index (χ4n) is 4.37. The highest BCUT2D eigenvalue weighted by Crippen LogP contribution is 2.36. The molecule has 190 valence electrons. The summed E-state index contributed by atoms with van der Waals surface area (Å²) in [6.45, 7) is 4.41. The molecule has 1 saturated heterocycles. The third-order valence-corrected chi connectivity index (χ3v) is 7.91. The van der Waals surface area contributed by atoms with Crippen LogP contribution in [-0.4, -0.2) is 31.6 Å². The van der Waals surface area contributed by atoms with Crippen LogP contribution in [0.4, 0.5) is 5.69 Å². The van der Waals surface area contributed by atoms with Gasteiger partial charge in [-0.3, -0.25) is 9.69 Å². The van der Waals surface area contributed by atoms with E-state index in [0.29, 0.717) is 10.1 Å². The van der Waals surface area contributed by atoms with E-state index in [-0.39, 0.29) is 18.0 Å². The van der Waals surface area contributed by atoms with E-state index < -0.39 is 5.97 Å². The lowest BCUT2D eigenvalue weighted by Gasteiger charge is -2.16. The van der Waals surface area contributed by atoms with Crippen molar-refractivity contribution in [3.05, 3.63) is 121 Å². The van der Waals surface area contributed by atoms with Crippen LogP contribution in [0.5, 0.6) is 0 Å². The first-order valence-corrected chi connectivity index (χ1v) is 13.8. The lowest BCUT2D eigenvalue weighted by Crippen LogP contribution is -2.28. The second kappa shape index (κ2) is 11.0. The number of benzene rings is 3. The molecule has 6 nitrogen and oxygen atoms in total. The number of carbonyl (C=O) groups excluding carboxylic acids is 1. The molecule has 2 heterocycles. The van der Waals surface area contributed by atoms with Gasteiger partial charge < -0.3 is 9.67 Å². The van der Waals surface area contributed by atoms with E-state index in [1.54, 1.807) is 29.2 Å². The Balaban J connectivity index is 1.51. The van der Waals surface area contributed by atoms with E-state index in [1.165, 1.54) is 11.8 Å². The fraction of sp³-hybridized carbons (Fsp3) is 0.100. The molecule has 4 aromatic rings. The highest BCUT2D eigenvalue weighted by atomic mass is 127. The Morgan fingerprint density at radius 1 is 1.00 bits per heavy atom. The van der Waals surface area contributed by atoms with Gasteiger partial charge in [-0.2, -0.15) is 0 Å². The minimum absolute atomic E-state index is 0.133. The molecule has 1 fully saturated rings. The minimum atomic E-state index is -0.983. The first-order valence-electron chi connectivity index (χ1n) is 11.9. The van der Waals surface area contributed by atoms with Crippen molar-refractivity contribution in [2.45, 2.75) is 20.4 Å². The van der Waals surface area contributed by atoms with Crippen LogP contribution in [0, 0.1) is 17.4 Å². The quantitative estimate of drug-likeness (QED) is 0.180. The van der Waals surface area contributed by atoms with Gasteiger partial charge in [0.15, 0.2) is 5.17 Å². The van der Waals surface area contributed by atoms with Gasteiger partial charge in [-0.15, -0.1) is 0 Å². The number of amides is 1. The Kier molecular flexibility index (Phi) is 7.53. The molecule has 3 aromatic carbocycles. The van der Waals surface area contributed by atoms with E-state index in [0.717, 1.165) is 37.5 Å². The third-order valence-electron chi connectivity index (χ3n) is 6.23. The molecule has 1 N–H and O–H groups in total. The van der Waals surface area contributed by atoms with E-state index in [9.17, 15) is 14.7 Å². The zero-order valence-electron chi connectivity index (χ0n) is 20.8. The van der Waals surface area contributed by atoms with Crippen LogP contribution < -0.4 is 0 Å². The summed E-state index contributed by atoms with van der Waals surface area (Å²) in [4.78, 5) is 31.9. The smallest absolute Gasteiger partial charge is 0.335 e. The van der Waals surface area contributed by atoms with Crippen LogP contribution in [0.1, 0.15) is 32.9 Å². The summed E-state index contributed by atoms with van der Waals surface area (Å²) in [7, 11) is 0. The van der Waals surface area contributed by atoms with E-state index in [2.05, 4.69) is 65.3 Å². The predicted molar refractivity (Wildman–Crippen MR) is 161 cm³/mol. The van der Waals surface area contributed by atoms with Crippen molar-refractivity contribution >= 4 is 63.2 Å². The summed E-state index contributed by atoms with van der Waals surface area (Å²) in [6.07, 6.45) is 1.94. The van der Waals surface area contributed by atoms with Crippen LogP contribution in [0.15, 0.2) is 94.8 Å². The fourth-order valence-corrected chi connectivity index (χ4v) is 5.88. The molecule has 0 atom stereocenters. The number of amidine groups is 1.